The first-order valence-corrected chi connectivity index (χ1v) is 16.0. The van der Waals surface area contributed by atoms with E-state index in [4.69, 9.17) is 26.1 Å². The molecule has 0 fully saturated rings. The predicted octanol–water partition coefficient (Wildman–Crippen LogP) is 7.12. The van der Waals surface area contributed by atoms with Gasteiger partial charge in [-0.2, -0.15) is 5.26 Å². The second kappa shape index (κ2) is 13.0. The summed E-state index contributed by atoms with van der Waals surface area (Å²) in [5, 5.41) is 15.6. The molecule has 8 nitrogen and oxygen atoms in total. The fraction of sp³-hybridized carbons (Fsp3) is 0.444. The molecule has 0 saturated carbocycles. The molecule has 0 spiro atoms. The van der Waals surface area contributed by atoms with Crippen LogP contribution in [0.4, 0.5) is 11.4 Å². The molecule has 2 aliphatic heterocycles. The number of aryl methyl sites for hydroxylation is 1. The first kappa shape index (κ1) is 29.5. The Morgan fingerprint density at radius 2 is 1.89 bits per heavy atom. The lowest BCUT2D eigenvalue weighted by Crippen LogP contribution is -2.35. The zero-order valence-electron chi connectivity index (χ0n) is 26.1. The van der Waals surface area contributed by atoms with Crippen molar-refractivity contribution < 1.29 is 9.47 Å². The molecule has 226 valence electrons. The number of fused-ring (bicyclic) bond motifs is 1. The summed E-state index contributed by atoms with van der Waals surface area (Å²) in [6.07, 6.45) is 13.6. The summed E-state index contributed by atoms with van der Waals surface area (Å²) in [6.45, 7) is 15.3. The Balaban J connectivity index is 1.39. The predicted molar refractivity (Wildman–Crippen MR) is 174 cm³/mol. The third-order valence-corrected chi connectivity index (χ3v) is 9.08. The highest BCUT2D eigenvalue weighted by atomic mass is 16.5. The summed E-state index contributed by atoms with van der Waals surface area (Å²) in [5.74, 6) is 1.77. The molecule has 0 amide bonds. The Kier molecular flexibility index (Phi) is 8.70. The fourth-order valence-electron chi connectivity index (χ4n) is 6.80. The van der Waals surface area contributed by atoms with Crippen molar-refractivity contribution in [3.63, 3.8) is 0 Å². The number of benzene rings is 2. The van der Waals surface area contributed by atoms with Gasteiger partial charge in [0, 0.05) is 18.8 Å². The molecule has 6 rings (SSSR count). The monoisotopic (exact) mass is 588 g/mol. The third kappa shape index (κ3) is 5.46. The number of hydrogen-bond acceptors (Lipinski definition) is 6. The highest BCUT2D eigenvalue weighted by molar-refractivity contribution is 5.79. The molecule has 4 heterocycles. The SMILES string of the molecule is [C-]#[N+]c1c(C#N)c2nc(-c3cc(OCCCCCCCC)ccc3OC)nn2/c1=C/c1cc2c3c(c1C)CCCN3CCC2. The molecule has 0 aliphatic carbocycles. The standard InChI is InChI=1S/C36H40N6O2/c1-5-6-7-8-9-10-19-44-27-15-16-32(43-4)29(22-27)35-39-36-30(23-37)33(38-3)31(42(36)40-35)21-26-20-25-13-11-17-41-18-12-14-28(24(26)2)34(25)41/h15-16,20-22H,5-14,17-19H2,1-2,4H3/b31-21+. The minimum Gasteiger partial charge on any atom is -0.496 e. The van der Waals surface area contributed by atoms with Crippen molar-refractivity contribution in [2.24, 2.45) is 0 Å². The molecule has 8 heteroatoms. The summed E-state index contributed by atoms with van der Waals surface area (Å²) < 4.78 is 13.4. The van der Waals surface area contributed by atoms with Gasteiger partial charge in [0.2, 0.25) is 5.69 Å². The van der Waals surface area contributed by atoms with Crippen molar-refractivity contribution in [2.75, 3.05) is 31.7 Å². The van der Waals surface area contributed by atoms with Gasteiger partial charge in [0.15, 0.2) is 11.5 Å². The maximum atomic E-state index is 10.1. The van der Waals surface area contributed by atoms with Crippen LogP contribution in [0.25, 0.3) is 28.0 Å². The van der Waals surface area contributed by atoms with E-state index in [0.717, 1.165) is 62.9 Å². The summed E-state index contributed by atoms with van der Waals surface area (Å²) in [7, 11) is 1.62. The van der Waals surface area contributed by atoms with E-state index in [1.54, 1.807) is 11.6 Å². The van der Waals surface area contributed by atoms with Gasteiger partial charge in [-0.05, 0) is 91.6 Å². The van der Waals surface area contributed by atoms with E-state index in [9.17, 15) is 5.26 Å². The van der Waals surface area contributed by atoms with Gasteiger partial charge in [-0.25, -0.2) is 14.3 Å². The van der Waals surface area contributed by atoms with Crippen molar-refractivity contribution in [1.29, 1.82) is 5.26 Å². The van der Waals surface area contributed by atoms with Crippen LogP contribution in [0.15, 0.2) is 24.3 Å². The average molecular weight is 589 g/mol. The topological polar surface area (TPSA) is 80.0 Å². The van der Waals surface area contributed by atoms with E-state index in [-0.39, 0.29) is 11.3 Å². The Bertz CT molecular complexity index is 1820. The van der Waals surface area contributed by atoms with Crippen LogP contribution >= 0.6 is 0 Å². The minimum atomic E-state index is 0.238. The number of anilines is 1. The fourth-order valence-corrected chi connectivity index (χ4v) is 6.80. The van der Waals surface area contributed by atoms with Crippen molar-refractivity contribution >= 4 is 23.1 Å². The molecule has 0 atom stereocenters. The summed E-state index contributed by atoms with van der Waals surface area (Å²) in [5.41, 5.74) is 8.09. The van der Waals surface area contributed by atoms with E-state index in [1.165, 1.54) is 48.1 Å². The van der Waals surface area contributed by atoms with Gasteiger partial charge >= 0.3 is 0 Å². The maximum absolute atomic E-state index is 10.1. The smallest absolute Gasteiger partial charge is 0.233 e. The van der Waals surface area contributed by atoms with Gasteiger partial charge < -0.3 is 14.4 Å². The van der Waals surface area contributed by atoms with Gasteiger partial charge in [0.25, 0.3) is 0 Å². The molecule has 0 bridgehead atoms. The number of nitriles is 1. The van der Waals surface area contributed by atoms with E-state index < -0.39 is 0 Å². The highest BCUT2D eigenvalue weighted by Crippen LogP contribution is 2.39. The van der Waals surface area contributed by atoms with Crippen LogP contribution < -0.4 is 19.7 Å². The van der Waals surface area contributed by atoms with E-state index in [2.05, 4.69) is 35.7 Å². The lowest BCUT2D eigenvalue weighted by atomic mass is 9.86. The lowest BCUT2D eigenvalue weighted by Gasteiger charge is -2.38. The summed E-state index contributed by atoms with van der Waals surface area (Å²) >= 11 is 0. The second-order valence-electron chi connectivity index (χ2n) is 11.9. The zero-order chi connectivity index (χ0) is 30.6. The van der Waals surface area contributed by atoms with Crippen LogP contribution in [-0.4, -0.2) is 41.4 Å². The number of nitrogens with zero attached hydrogens (tertiary/aromatic N) is 6. The van der Waals surface area contributed by atoms with Crippen molar-refractivity contribution in [1.82, 2.24) is 14.6 Å². The van der Waals surface area contributed by atoms with E-state index in [0.29, 0.717) is 34.7 Å². The molecule has 0 N–H and O–H groups in total. The van der Waals surface area contributed by atoms with Gasteiger partial charge in [-0.3, -0.25) is 0 Å². The molecule has 0 saturated heterocycles. The van der Waals surface area contributed by atoms with Crippen LogP contribution in [0.3, 0.4) is 0 Å². The van der Waals surface area contributed by atoms with Crippen molar-refractivity contribution in [3.8, 4) is 29.0 Å². The molecule has 2 aliphatic rings. The van der Waals surface area contributed by atoms with Crippen molar-refractivity contribution in [2.45, 2.75) is 78.1 Å². The number of methoxy groups -OCH3 is 1. The van der Waals surface area contributed by atoms with Crippen LogP contribution in [0, 0.1) is 24.8 Å². The van der Waals surface area contributed by atoms with Crippen LogP contribution in [0.1, 0.15) is 86.1 Å². The molecule has 0 unspecified atom stereocenters. The Morgan fingerprint density at radius 3 is 2.66 bits per heavy atom. The molecule has 4 aromatic rings. The van der Waals surface area contributed by atoms with Crippen LogP contribution in [-0.2, 0) is 12.8 Å². The average Bonchev–Trinajstić information content (AvgIpc) is 3.60. The summed E-state index contributed by atoms with van der Waals surface area (Å²) in [4.78, 5) is 11.1. The first-order chi connectivity index (χ1) is 21.6. The van der Waals surface area contributed by atoms with E-state index in [1.807, 2.05) is 24.3 Å². The number of ether oxygens (including phenoxy) is 2. The Morgan fingerprint density at radius 1 is 1.09 bits per heavy atom. The van der Waals surface area contributed by atoms with Gasteiger partial charge in [0.1, 0.15) is 17.1 Å². The maximum Gasteiger partial charge on any atom is 0.233 e. The van der Waals surface area contributed by atoms with Gasteiger partial charge in [-0.1, -0.05) is 39.0 Å². The van der Waals surface area contributed by atoms with Crippen LogP contribution in [0.5, 0.6) is 11.5 Å². The zero-order valence-corrected chi connectivity index (χ0v) is 26.1. The molecular formula is C36H40N6O2. The van der Waals surface area contributed by atoms with Gasteiger partial charge in [0.05, 0.1) is 37.3 Å². The quantitative estimate of drug-likeness (QED) is 0.137. The lowest BCUT2D eigenvalue weighted by molar-refractivity contribution is 0.304. The normalized spacial score (nSPS) is 14.4. The number of aromatic nitrogens is 3. The first-order valence-electron chi connectivity index (χ1n) is 16.0. The van der Waals surface area contributed by atoms with Crippen LogP contribution in [0.2, 0.25) is 0 Å². The number of rotatable bonds is 11. The number of hydrogen-bond donors (Lipinski definition) is 0. The second-order valence-corrected chi connectivity index (χ2v) is 11.9. The Labute approximate surface area is 259 Å². The molecule has 2 aromatic carbocycles. The molecule has 0 radical (unpaired) electrons. The largest absolute Gasteiger partial charge is 0.496 e. The summed E-state index contributed by atoms with van der Waals surface area (Å²) in [6, 6.07) is 10.2. The van der Waals surface area contributed by atoms with Crippen molar-refractivity contribution in [3.05, 3.63) is 68.8 Å². The molecular weight excluding hydrogens is 548 g/mol. The minimum absolute atomic E-state index is 0.238. The van der Waals surface area contributed by atoms with E-state index >= 15 is 0 Å². The third-order valence-electron chi connectivity index (χ3n) is 9.08. The Hall–Kier alpha value is -4.56. The molecule has 2 aromatic heterocycles. The number of unbranched alkanes of at least 4 members (excludes halogenated alkanes) is 5. The van der Waals surface area contributed by atoms with Gasteiger partial charge in [-0.15, -0.1) is 5.10 Å². The molecule has 44 heavy (non-hydrogen) atoms. The highest BCUT2D eigenvalue weighted by Gasteiger charge is 2.27.